The summed E-state index contributed by atoms with van der Waals surface area (Å²) in [6, 6.07) is 11.7. The van der Waals surface area contributed by atoms with Crippen LogP contribution in [-0.2, 0) is 11.2 Å². The lowest BCUT2D eigenvalue weighted by molar-refractivity contribution is -0.116. The third-order valence-electron chi connectivity index (χ3n) is 2.91. The Morgan fingerprint density at radius 2 is 2.00 bits per heavy atom. The second-order valence-corrected chi connectivity index (χ2v) is 4.22. The van der Waals surface area contributed by atoms with Gasteiger partial charge in [-0.05, 0) is 30.7 Å². The Kier molecular flexibility index (Phi) is 2.18. The maximum absolute atomic E-state index is 12.0. The predicted octanol–water partition coefficient (Wildman–Crippen LogP) is 2.61. The van der Waals surface area contributed by atoms with Crippen molar-refractivity contribution in [3.63, 3.8) is 0 Å². The zero-order valence-electron chi connectivity index (χ0n) is 9.55. The van der Waals surface area contributed by atoms with Crippen LogP contribution in [-0.4, -0.2) is 10.9 Å². The lowest BCUT2D eigenvalue weighted by atomic mass is 10.2. The van der Waals surface area contributed by atoms with Crippen molar-refractivity contribution in [1.29, 1.82) is 0 Å². The number of nitrogens with zero attached hydrogens (tertiary/aromatic N) is 2. The van der Waals surface area contributed by atoms with Gasteiger partial charge < -0.3 is 0 Å². The van der Waals surface area contributed by atoms with E-state index in [1.165, 1.54) is 0 Å². The molecule has 1 aliphatic heterocycles. The third-order valence-corrected chi connectivity index (χ3v) is 2.91. The molecule has 3 heteroatoms. The zero-order valence-corrected chi connectivity index (χ0v) is 9.55. The summed E-state index contributed by atoms with van der Waals surface area (Å²) < 4.78 is 0. The number of aryl methyl sites for hydroxylation is 1. The number of pyridine rings is 1. The van der Waals surface area contributed by atoms with E-state index in [9.17, 15) is 4.79 Å². The average Bonchev–Trinajstić information content (AvgIpc) is 2.65. The van der Waals surface area contributed by atoms with Crippen molar-refractivity contribution in [2.45, 2.75) is 13.3 Å². The van der Waals surface area contributed by atoms with Gasteiger partial charge in [-0.3, -0.25) is 14.7 Å². The molecule has 0 N–H and O–H groups in total. The number of amides is 1. The molecule has 0 radical (unpaired) electrons. The Morgan fingerprint density at radius 1 is 1.24 bits per heavy atom. The maximum atomic E-state index is 12.0. The minimum Gasteiger partial charge on any atom is -0.279 e. The zero-order chi connectivity index (χ0) is 11.8. The molecule has 0 fully saturated rings. The minimum atomic E-state index is 0.0873. The molecule has 0 aliphatic carbocycles. The van der Waals surface area contributed by atoms with Crippen LogP contribution in [0.1, 0.15) is 11.3 Å². The first-order chi connectivity index (χ1) is 8.25. The van der Waals surface area contributed by atoms with E-state index in [0.29, 0.717) is 6.42 Å². The number of anilines is 2. The number of fused-ring (bicyclic) bond motifs is 1. The van der Waals surface area contributed by atoms with Gasteiger partial charge in [-0.25, -0.2) is 0 Å². The highest BCUT2D eigenvalue weighted by Gasteiger charge is 2.29. The summed E-state index contributed by atoms with van der Waals surface area (Å²) in [7, 11) is 0. The third kappa shape index (κ3) is 1.60. The normalized spacial score (nSPS) is 13.9. The Hall–Kier alpha value is -2.16. The SMILES string of the molecule is Cc1cnc2c(c1)N(c1ccccc1)C(=O)C2. The van der Waals surface area contributed by atoms with Crippen LogP contribution in [0.15, 0.2) is 42.6 Å². The molecule has 1 aliphatic rings. The minimum absolute atomic E-state index is 0.0873. The summed E-state index contributed by atoms with van der Waals surface area (Å²) in [5.74, 6) is 0.0873. The topological polar surface area (TPSA) is 33.2 Å². The van der Waals surface area contributed by atoms with Crippen molar-refractivity contribution in [2.75, 3.05) is 4.90 Å². The fraction of sp³-hybridized carbons (Fsp3) is 0.143. The van der Waals surface area contributed by atoms with Crippen LogP contribution in [0.3, 0.4) is 0 Å². The van der Waals surface area contributed by atoms with E-state index in [1.807, 2.05) is 43.3 Å². The van der Waals surface area contributed by atoms with E-state index in [-0.39, 0.29) is 5.91 Å². The summed E-state index contributed by atoms with van der Waals surface area (Å²) in [6.07, 6.45) is 2.20. The molecule has 2 heterocycles. The molecule has 0 unspecified atom stereocenters. The van der Waals surface area contributed by atoms with Crippen LogP contribution in [0.4, 0.5) is 11.4 Å². The molecule has 0 atom stereocenters. The van der Waals surface area contributed by atoms with Gasteiger partial charge in [0.25, 0.3) is 0 Å². The molecular weight excluding hydrogens is 212 g/mol. The molecule has 0 saturated carbocycles. The summed E-state index contributed by atoms with van der Waals surface area (Å²) in [5, 5.41) is 0. The lowest BCUT2D eigenvalue weighted by Gasteiger charge is -2.17. The standard InChI is InChI=1S/C14H12N2O/c1-10-7-13-12(15-9-10)8-14(17)16(13)11-5-3-2-4-6-11/h2-7,9H,8H2,1H3. The van der Waals surface area contributed by atoms with Crippen molar-refractivity contribution in [2.24, 2.45) is 0 Å². The van der Waals surface area contributed by atoms with Crippen molar-refractivity contribution in [3.05, 3.63) is 53.9 Å². The monoisotopic (exact) mass is 224 g/mol. The van der Waals surface area contributed by atoms with E-state index in [0.717, 1.165) is 22.6 Å². The molecule has 2 aromatic rings. The van der Waals surface area contributed by atoms with Gasteiger partial charge in [0, 0.05) is 11.9 Å². The molecule has 0 saturated heterocycles. The van der Waals surface area contributed by atoms with Crippen LogP contribution >= 0.6 is 0 Å². The number of aromatic nitrogens is 1. The number of hydrogen-bond acceptors (Lipinski definition) is 2. The molecular formula is C14H12N2O. The van der Waals surface area contributed by atoms with Crippen molar-refractivity contribution in [3.8, 4) is 0 Å². The summed E-state index contributed by atoms with van der Waals surface area (Å²) in [4.78, 5) is 18.1. The number of para-hydroxylation sites is 1. The van der Waals surface area contributed by atoms with Crippen LogP contribution in [0, 0.1) is 6.92 Å². The molecule has 1 amide bonds. The van der Waals surface area contributed by atoms with E-state index in [4.69, 9.17) is 0 Å². The molecule has 0 bridgehead atoms. The predicted molar refractivity (Wildman–Crippen MR) is 66.3 cm³/mol. The molecule has 84 valence electrons. The first kappa shape index (κ1) is 10.0. The fourth-order valence-electron chi connectivity index (χ4n) is 2.13. The van der Waals surface area contributed by atoms with Gasteiger partial charge in [-0.15, -0.1) is 0 Å². The lowest BCUT2D eigenvalue weighted by Crippen LogP contribution is -2.20. The number of carbonyl (C=O) groups excluding carboxylic acids is 1. The van der Waals surface area contributed by atoms with Gasteiger partial charge in [-0.2, -0.15) is 0 Å². The second-order valence-electron chi connectivity index (χ2n) is 4.22. The largest absolute Gasteiger partial charge is 0.279 e. The Morgan fingerprint density at radius 3 is 2.76 bits per heavy atom. The fourth-order valence-corrected chi connectivity index (χ4v) is 2.13. The molecule has 1 aromatic heterocycles. The number of hydrogen-bond donors (Lipinski definition) is 0. The van der Waals surface area contributed by atoms with Gasteiger partial charge in [0.15, 0.2) is 0 Å². The first-order valence-corrected chi connectivity index (χ1v) is 5.59. The molecule has 3 nitrogen and oxygen atoms in total. The summed E-state index contributed by atoms with van der Waals surface area (Å²) in [5.41, 5.74) is 3.76. The molecule has 0 spiro atoms. The van der Waals surface area contributed by atoms with Gasteiger partial charge >= 0.3 is 0 Å². The van der Waals surface area contributed by atoms with Gasteiger partial charge in [0.1, 0.15) is 0 Å². The maximum Gasteiger partial charge on any atom is 0.237 e. The van der Waals surface area contributed by atoms with Crippen LogP contribution < -0.4 is 4.90 Å². The number of carbonyl (C=O) groups is 1. The van der Waals surface area contributed by atoms with E-state index < -0.39 is 0 Å². The van der Waals surface area contributed by atoms with Crippen LogP contribution in [0.25, 0.3) is 0 Å². The molecule has 1 aromatic carbocycles. The van der Waals surface area contributed by atoms with Crippen molar-refractivity contribution < 1.29 is 4.79 Å². The quantitative estimate of drug-likeness (QED) is 0.746. The van der Waals surface area contributed by atoms with Crippen molar-refractivity contribution in [1.82, 2.24) is 4.98 Å². The number of rotatable bonds is 1. The Bertz CT molecular complexity index is 578. The highest BCUT2D eigenvalue weighted by Crippen LogP contribution is 2.34. The highest BCUT2D eigenvalue weighted by molar-refractivity contribution is 6.06. The number of benzene rings is 1. The Balaban J connectivity index is 2.14. The van der Waals surface area contributed by atoms with Gasteiger partial charge in [0.05, 0.1) is 17.8 Å². The smallest absolute Gasteiger partial charge is 0.237 e. The van der Waals surface area contributed by atoms with Crippen molar-refractivity contribution >= 4 is 17.3 Å². The summed E-state index contributed by atoms with van der Waals surface area (Å²) >= 11 is 0. The van der Waals surface area contributed by atoms with Crippen LogP contribution in [0.2, 0.25) is 0 Å². The first-order valence-electron chi connectivity index (χ1n) is 5.59. The highest BCUT2D eigenvalue weighted by atomic mass is 16.2. The molecule has 3 rings (SSSR count). The average molecular weight is 224 g/mol. The van der Waals surface area contributed by atoms with Gasteiger partial charge in [-0.1, -0.05) is 18.2 Å². The van der Waals surface area contributed by atoms with Gasteiger partial charge in [0.2, 0.25) is 5.91 Å². The van der Waals surface area contributed by atoms with E-state index in [2.05, 4.69) is 4.98 Å². The van der Waals surface area contributed by atoms with E-state index in [1.54, 1.807) is 11.1 Å². The Labute approximate surface area is 99.7 Å². The molecule has 17 heavy (non-hydrogen) atoms. The van der Waals surface area contributed by atoms with Crippen LogP contribution in [0.5, 0.6) is 0 Å². The second kappa shape index (κ2) is 3.70. The summed E-state index contributed by atoms with van der Waals surface area (Å²) in [6.45, 7) is 1.99. The van der Waals surface area contributed by atoms with E-state index >= 15 is 0 Å².